The highest BCUT2D eigenvalue weighted by Gasteiger charge is 2.24. The van der Waals surface area contributed by atoms with Gasteiger partial charge in [0.2, 0.25) is 11.3 Å². The normalized spacial score (nSPS) is 17.6. The second kappa shape index (κ2) is 8.35. The number of aromatic nitrogens is 2. The Hall–Kier alpha value is -2.70. The van der Waals surface area contributed by atoms with Gasteiger partial charge >= 0.3 is 0 Å². The molecule has 0 bridgehead atoms. The molecule has 1 N–H and O–H groups in total. The molecule has 1 aliphatic carbocycles. The summed E-state index contributed by atoms with van der Waals surface area (Å²) in [6.45, 7) is 3.24. The third-order valence-corrected chi connectivity index (χ3v) is 5.97. The van der Waals surface area contributed by atoms with Gasteiger partial charge in [-0.1, -0.05) is 12.8 Å². The fourth-order valence-corrected chi connectivity index (χ4v) is 4.40. The Morgan fingerprint density at radius 3 is 2.55 bits per heavy atom. The fraction of sp³-hybridized carbons (Fsp3) is 0.545. The van der Waals surface area contributed by atoms with Gasteiger partial charge < -0.3 is 14.8 Å². The Kier molecular flexibility index (Phi) is 5.65. The molecule has 0 radical (unpaired) electrons. The van der Waals surface area contributed by atoms with Gasteiger partial charge in [0, 0.05) is 31.0 Å². The standard InChI is InChI=1S/C22H28N4O3/c1-15-9-10-17-20(28)18(22(29)25-11-5-2-6-12-25)13-26(21(17)23-15)14-19(27)24-16-7-3-4-8-16/h9-10,13,16H,2-8,11-12,14H2,1H3,(H,24,27). The molecule has 7 heteroatoms. The maximum Gasteiger partial charge on any atom is 0.259 e. The van der Waals surface area contributed by atoms with Gasteiger partial charge in [0.25, 0.3) is 5.91 Å². The number of piperidine rings is 1. The molecule has 29 heavy (non-hydrogen) atoms. The van der Waals surface area contributed by atoms with Gasteiger partial charge in [-0.05, 0) is 51.2 Å². The molecule has 3 heterocycles. The van der Waals surface area contributed by atoms with E-state index in [4.69, 9.17) is 0 Å². The molecular formula is C22H28N4O3. The summed E-state index contributed by atoms with van der Waals surface area (Å²) < 4.78 is 1.66. The van der Waals surface area contributed by atoms with Crippen molar-refractivity contribution in [2.75, 3.05) is 13.1 Å². The van der Waals surface area contributed by atoms with Gasteiger partial charge in [-0.15, -0.1) is 0 Å². The molecule has 2 aromatic heterocycles. The summed E-state index contributed by atoms with van der Waals surface area (Å²) in [6.07, 6.45) is 8.84. The summed E-state index contributed by atoms with van der Waals surface area (Å²) in [5.74, 6) is -0.358. The monoisotopic (exact) mass is 396 g/mol. The molecule has 0 unspecified atom stereocenters. The summed E-state index contributed by atoms with van der Waals surface area (Å²) in [4.78, 5) is 44.9. The Bertz CT molecular complexity index is 985. The van der Waals surface area contributed by atoms with Crippen LogP contribution in [0.5, 0.6) is 0 Å². The predicted molar refractivity (Wildman–Crippen MR) is 111 cm³/mol. The Morgan fingerprint density at radius 1 is 1.10 bits per heavy atom. The average Bonchev–Trinajstić information content (AvgIpc) is 3.23. The lowest BCUT2D eigenvalue weighted by atomic mass is 10.1. The van der Waals surface area contributed by atoms with E-state index in [1.165, 1.54) is 6.20 Å². The highest BCUT2D eigenvalue weighted by atomic mass is 16.2. The van der Waals surface area contributed by atoms with Crippen molar-refractivity contribution in [2.45, 2.75) is 64.5 Å². The van der Waals surface area contributed by atoms with E-state index in [0.29, 0.717) is 24.1 Å². The molecule has 154 valence electrons. The fourth-order valence-electron chi connectivity index (χ4n) is 4.40. The summed E-state index contributed by atoms with van der Waals surface area (Å²) in [7, 11) is 0. The van der Waals surface area contributed by atoms with Crippen LogP contribution in [0.3, 0.4) is 0 Å². The lowest BCUT2D eigenvalue weighted by molar-refractivity contribution is -0.122. The molecule has 0 atom stereocenters. The smallest absolute Gasteiger partial charge is 0.259 e. The summed E-state index contributed by atoms with van der Waals surface area (Å²) in [5.41, 5.74) is 1.03. The Labute approximate surface area is 170 Å². The highest BCUT2D eigenvalue weighted by Crippen LogP contribution is 2.18. The summed E-state index contributed by atoms with van der Waals surface area (Å²) in [6, 6.07) is 3.69. The topological polar surface area (TPSA) is 84.3 Å². The third-order valence-electron chi connectivity index (χ3n) is 5.97. The number of likely N-dealkylation sites (tertiary alicyclic amines) is 1. The number of rotatable bonds is 4. The van der Waals surface area contributed by atoms with Gasteiger partial charge in [-0.3, -0.25) is 14.4 Å². The third kappa shape index (κ3) is 4.18. The molecular weight excluding hydrogens is 368 g/mol. The highest BCUT2D eigenvalue weighted by molar-refractivity contribution is 5.97. The van der Waals surface area contributed by atoms with E-state index in [-0.39, 0.29) is 35.4 Å². The molecule has 2 aliphatic rings. The number of nitrogens with zero attached hydrogens (tertiary/aromatic N) is 3. The van der Waals surface area contributed by atoms with Crippen molar-refractivity contribution in [2.24, 2.45) is 0 Å². The van der Waals surface area contributed by atoms with Crippen LogP contribution in [0.25, 0.3) is 11.0 Å². The lowest BCUT2D eigenvalue weighted by Crippen LogP contribution is -2.39. The quantitative estimate of drug-likeness (QED) is 0.860. The first kappa shape index (κ1) is 19.6. The number of carbonyl (C=O) groups excluding carboxylic acids is 2. The van der Waals surface area contributed by atoms with Crippen molar-refractivity contribution < 1.29 is 9.59 Å². The van der Waals surface area contributed by atoms with Gasteiger partial charge in [-0.2, -0.15) is 0 Å². The van der Waals surface area contributed by atoms with Crippen molar-refractivity contribution in [1.82, 2.24) is 19.8 Å². The SMILES string of the molecule is Cc1ccc2c(=O)c(C(=O)N3CCCCC3)cn(CC(=O)NC3CCCC3)c2n1. The molecule has 0 spiro atoms. The van der Waals surface area contributed by atoms with E-state index in [0.717, 1.165) is 50.6 Å². The minimum atomic E-state index is -0.310. The maximum atomic E-state index is 13.0. The van der Waals surface area contributed by atoms with Crippen molar-refractivity contribution in [3.63, 3.8) is 0 Å². The molecule has 2 fully saturated rings. The number of nitrogens with one attached hydrogen (secondary N) is 1. The number of hydrogen-bond donors (Lipinski definition) is 1. The van der Waals surface area contributed by atoms with Gasteiger partial charge in [0.15, 0.2) is 0 Å². The Morgan fingerprint density at radius 2 is 1.83 bits per heavy atom. The zero-order valence-corrected chi connectivity index (χ0v) is 16.9. The van der Waals surface area contributed by atoms with Crippen molar-refractivity contribution in [1.29, 1.82) is 0 Å². The van der Waals surface area contributed by atoms with E-state index < -0.39 is 0 Å². The van der Waals surface area contributed by atoms with Crippen LogP contribution in [-0.4, -0.2) is 45.4 Å². The van der Waals surface area contributed by atoms with Gasteiger partial charge in [0.05, 0.1) is 5.39 Å². The predicted octanol–water partition coefficient (Wildman–Crippen LogP) is 2.39. The van der Waals surface area contributed by atoms with E-state index in [9.17, 15) is 14.4 Å². The van der Waals surface area contributed by atoms with Crippen LogP contribution in [0.2, 0.25) is 0 Å². The minimum Gasteiger partial charge on any atom is -0.352 e. The average molecular weight is 396 g/mol. The minimum absolute atomic E-state index is 0.0456. The van der Waals surface area contributed by atoms with Crippen LogP contribution < -0.4 is 10.7 Å². The number of aryl methyl sites for hydroxylation is 1. The first-order chi connectivity index (χ1) is 14.0. The molecule has 0 aromatic carbocycles. The molecule has 2 aromatic rings. The molecule has 1 saturated heterocycles. The lowest BCUT2D eigenvalue weighted by Gasteiger charge is -2.27. The number of carbonyl (C=O) groups is 2. The zero-order chi connectivity index (χ0) is 20.4. The second-order valence-corrected chi connectivity index (χ2v) is 8.23. The number of amides is 2. The van der Waals surface area contributed by atoms with Crippen molar-refractivity contribution in [3.8, 4) is 0 Å². The first-order valence-corrected chi connectivity index (χ1v) is 10.6. The molecule has 2 amide bonds. The maximum absolute atomic E-state index is 13.0. The molecule has 1 aliphatic heterocycles. The van der Waals surface area contributed by atoms with Gasteiger partial charge in [-0.25, -0.2) is 4.98 Å². The number of fused-ring (bicyclic) bond motifs is 1. The summed E-state index contributed by atoms with van der Waals surface area (Å²) in [5, 5.41) is 3.45. The Balaban J connectivity index is 1.70. The van der Waals surface area contributed by atoms with Crippen molar-refractivity contribution in [3.05, 3.63) is 39.8 Å². The van der Waals surface area contributed by atoms with Crippen LogP contribution in [0, 0.1) is 6.92 Å². The number of pyridine rings is 2. The zero-order valence-electron chi connectivity index (χ0n) is 16.9. The van der Waals surface area contributed by atoms with Gasteiger partial charge in [0.1, 0.15) is 17.8 Å². The number of hydrogen-bond acceptors (Lipinski definition) is 4. The van der Waals surface area contributed by atoms with Crippen LogP contribution in [0.15, 0.2) is 23.1 Å². The van der Waals surface area contributed by atoms with Crippen LogP contribution in [0.4, 0.5) is 0 Å². The second-order valence-electron chi connectivity index (χ2n) is 8.23. The van der Waals surface area contributed by atoms with Crippen LogP contribution in [-0.2, 0) is 11.3 Å². The van der Waals surface area contributed by atoms with Crippen LogP contribution in [0.1, 0.15) is 61.0 Å². The van der Waals surface area contributed by atoms with E-state index in [1.807, 2.05) is 6.92 Å². The molecule has 7 nitrogen and oxygen atoms in total. The summed E-state index contributed by atoms with van der Waals surface area (Å²) >= 11 is 0. The molecule has 1 saturated carbocycles. The first-order valence-electron chi connectivity index (χ1n) is 10.6. The van der Waals surface area contributed by atoms with Crippen molar-refractivity contribution >= 4 is 22.8 Å². The largest absolute Gasteiger partial charge is 0.352 e. The molecule has 4 rings (SSSR count). The van der Waals surface area contributed by atoms with E-state index in [1.54, 1.807) is 21.6 Å². The van der Waals surface area contributed by atoms with Crippen LogP contribution >= 0.6 is 0 Å². The van der Waals surface area contributed by atoms with E-state index >= 15 is 0 Å². The van der Waals surface area contributed by atoms with E-state index in [2.05, 4.69) is 10.3 Å².